The van der Waals surface area contributed by atoms with Gasteiger partial charge in [0.2, 0.25) is 0 Å². The van der Waals surface area contributed by atoms with Crippen LogP contribution < -0.4 is 4.74 Å². The van der Waals surface area contributed by atoms with Gasteiger partial charge in [-0.25, -0.2) is 0 Å². The third-order valence-electron chi connectivity index (χ3n) is 2.49. The molecule has 0 aliphatic heterocycles. The summed E-state index contributed by atoms with van der Waals surface area (Å²) in [6.45, 7) is 0.586. The van der Waals surface area contributed by atoms with Crippen LogP contribution in [0.5, 0.6) is 5.75 Å². The molecule has 0 saturated carbocycles. The Labute approximate surface area is 114 Å². The third kappa shape index (κ3) is 3.40. The van der Waals surface area contributed by atoms with Gasteiger partial charge in [-0.2, -0.15) is 0 Å². The van der Waals surface area contributed by atoms with Crippen LogP contribution in [0.25, 0.3) is 0 Å². The maximum Gasteiger partial charge on any atom is 0.150 e. The van der Waals surface area contributed by atoms with Crippen LogP contribution in [0.4, 0.5) is 0 Å². The molecular formula is C14H12BrNO2. The van der Waals surface area contributed by atoms with Gasteiger partial charge >= 0.3 is 0 Å². The molecule has 3 nitrogen and oxygen atoms in total. The molecule has 0 N–H and O–H groups in total. The van der Waals surface area contributed by atoms with E-state index < -0.39 is 0 Å². The molecule has 2 aromatic rings. The van der Waals surface area contributed by atoms with Crippen LogP contribution in [-0.4, -0.2) is 17.9 Å². The van der Waals surface area contributed by atoms with Crippen LogP contribution in [0.15, 0.2) is 47.2 Å². The van der Waals surface area contributed by atoms with Gasteiger partial charge in [0.1, 0.15) is 12.0 Å². The third-order valence-corrected chi connectivity index (χ3v) is 3.11. The van der Waals surface area contributed by atoms with Crippen LogP contribution in [0.1, 0.15) is 15.9 Å². The highest BCUT2D eigenvalue weighted by molar-refractivity contribution is 9.10. The first-order valence-corrected chi connectivity index (χ1v) is 6.35. The van der Waals surface area contributed by atoms with Crippen molar-refractivity contribution in [3.05, 3.63) is 58.3 Å². The molecule has 0 aliphatic rings. The molecule has 4 heteroatoms. The van der Waals surface area contributed by atoms with Crippen molar-refractivity contribution in [1.29, 1.82) is 0 Å². The molecule has 0 aliphatic carbocycles. The number of benzene rings is 1. The van der Waals surface area contributed by atoms with E-state index in [1.807, 2.05) is 12.1 Å². The summed E-state index contributed by atoms with van der Waals surface area (Å²) < 4.78 is 6.45. The molecule has 18 heavy (non-hydrogen) atoms. The maximum atomic E-state index is 10.6. The van der Waals surface area contributed by atoms with Crippen molar-refractivity contribution in [3.63, 3.8) is 0 Å². The second kappa shape index (κ2) is 6.31. The van der Waals surface area contributed by atoms with Gasteiger partial charge in [-0.3, -0.25) is 9.78 Å². The highest BCUT2D eigenvalue weighted by Gasteiger charge is 2.02. The molecule has 92 valence electrons. The Morgan fingerprint density at radius 2 is 2.00 bits per heavy atom. The number of carbonyl (C=O) groups excluding carboxylic acids is 1. The average molecular weight is 306 g/mol. The molecule has 0 unspecified atom stereocenters. The van der Waals surface area contributed by atoms with E-state index in [9.17, 15) is 4.79 Å². The quantitative estimate of drug-likeness (QED) is 0.796. The van der Waals surface area contributed by atoms with Crippen LogP contribution in [0.3, 0.4) is 0 Å². The SMILES string of the molecule is O=Cc1ccc(OCCc2ccncc2)c(Br)c1. The van der Waals surface area contributed by atoms with Crippen molar-refractivity contribution >= 4 is 22.2 Å². The Balaban J connectivity index is 1.92. The van der Waals surface area contributed by atoms with Gasteiger partial charge in [0, 0.05) is 24.4 Å². The Morgan fingerprint density at radius 3 is 2.67 bits per heavy atom. The van der Waals surface area contributed by atoms with Crippen molar-refractivity contribution < 1.29 is 9.53 Å². The van der Waals surface area contributed by atoms with E-state index in [-0.39, 0.29) is 0 Å². The van der Waals surface area contributed by atoms with E-state index in [4.69, 9.17) is 4.74 Å². The summed E-state index contributed by atoms with van der Waals surface area (Å²) in [5, 5.41) is 0. The van der Waals surface area contributed by atoms with Crippen molar-refractivity contribution in [2.75, 3.05) is 6.61 Å². The number of aldehydes is 1. The minimum Gasteiger partial charge on any atom is -0.492 e. The summed E-state index contributed by atoms with van der Waals surface area (Å²) in [5.74, 6) is 0.745. The Hall–Kier alpha value is -1.68. The van der Waals surface area contributed by atoms with Crippen LogP contribution >= 0.6 is 15.9 Å². The highest BCUT2D eigenvalue weighted by atomic mass is 79.9. The molecular weight excluding hydrogens is 294 g/mol. The van der Waals surface area contributed by atoms with Crippen LogP contribution in [0, 0.1) is 0 Å². The summed E-state index contributed by atoms with van der Waals surface area (Å²) in [5.41, 5.74) is 1.81. The number of ether oxygens (including phenoxy) is 1. The summed E-state index contributed by atoms with van der Waals surface area (Å²) in [6, 6.07) is 9.20. The number of hydrogen-bond acceptors (Lipinski definition) is 3. The van der Waals surface area contributed by atoms with E-state index >= 15 is 0 Å². The average Bonchev–Trinajstić information content (AvgIpc) is 2.42. The lowest BCUT2D eigenvalue weighted by Gasteiger charge is -2.08. The number of hydrogen-bond donors (Lipinski definition) is 0. The van der Waals surface area contributed by atoms with Crippen molar-refractivity contribution in [2.45, 2.75) is 6.42 Å². The van der Waals surface area contributed by atoms with Crippen molar-refractivity contribution in [1.82, 2.24) is 4.98 Å². The van der Waals surface area contributed by atoms with Gasteiger partial charge in [-0.15, -0.1) is 0 Å². The summed E-state index contributed by atoms with van der Waals surface area (Å²) in [6.07, 6.45) is 5.17. The summed E-state index contributed by atoms with van der Waals surface area (Å²) >= 11 is 3.38. The molecule has 0 amide bonds. The predicted octanol–water partition coefficient (Wildman–Crippen LogP) is 3.28. The van der Waals surface area contributed by atoms with Crippen LogP contribution in [-0.2, 0) is 6.42 Å². The molecule has 1 heterocycles. The van der Waals surface area contributed by atoms with E-state index in [1.165, 1.54) is 5.56 Å². The first kappa shape index (κ1) is 12.8. The standard InChI is InChI=1S/C14H12BrNO2/c15-13-9-12(10-17)1-2-14(13)18-8-5-11-3-6-16-7-4-11/h1-4,6-7,9-10H,5,8H2. The van der Waals surface area contributed by atoms with Gasteiger partial charge in [0.25, 0.3) is 0 Å². The second-order valence-corrected chi connectivity index (χ2v) is 4.62. The van der Waals surface area contributed by atoms with Crippen LogP contribution in [0.2, 0.25) is 0 Å². The Morgan fingerprint density at radius 1 is 1.22 bits per heavy atom. The minimum absolute atomic E-state index is 0.586. The number of nitrogens with zero attached hydrogens (tertiary/aromatic N) is 1. The van der Waals surface area contributed by atoms with E-state index in [1.54, 1.807) is 30.6 Å². The van der Waals surface area contributed by atoms with E-state index in [0.29, 0.717) is 12.2 Å². The minimum atomic E-state index is 0.586. The van der Waals surface area contributed by atoms with Crippen molar-refractivity contribution in [3.8, 4) is 5.75 Å². The Kier molecular flexibility index (Phi) is 4.47. The first-order chi connectivity index (χ1) is 8.79. The number of aromatic nitrogens is 1. The van der Waals surface area contributed by atoms with E-state index in [2.05, 4.69) is 20.9 Å². The first-order valence-electron chi connectivity index (χ1n) is 5.56. The monoisotopic (exact) mass is 305 g/mol. The van der Waals surface area contributed by atoms with Gasteiger partial charge in [0.05, 0.1) is 11.1 Å². The lowest BCUT2D eigenvalue weighted by atomic mass is 10.2. The fraction of sp³-hybridized carbons (Fsp3) is 0.143. The molecule has 1 aromatic heterocycles. The number of halogens is 1. The zero-order chi connectivity index (χ0) is 12.8. The van der Waals surface area contributed by atoms with Gasteiger partial charge in [-0.05, 0) is 51.8 Å². The number of rotatable bonds is 5. The zero-order valence-corrected chi connectivity index (χ0v) is 11.3. The van der Waals surface area contributed by atoms with Crippen molar-refractivity contribution in [2.24, 2.45) is 0 Å². The fourth-order valence-corrected chi connectivity index (χ4v) is 2.05. The molecule has 0 spiro atoms. The molecule has 1 aromatic carbocycles. The molecule has 0 bridgehead atoms. The molecule has 2 rings (SSSR count). The smallest absolute Gasteiger partial charge is 0.150 e. The van der Waals surface area contributed by atoms with Gasteiger partial charge < -0.3 is 4.74 Å². The fourth-order valence-electron chi connectivity index (χ4n) is 1.54. The summed E-state index contributed by atoms with van der Waals surface area (Å²) in [7, 11) is 0. The highest BCUT2D eigenvalue weighted by Crippen LogP contribution is 2.25. The summed E-state index contributed by atoms with van der Waals surface area (Å²) in [4.78, 5) is 14.6. The Bertz CT molecular complexity index is 529. The normalized spacial score (nSPS) is 10.1. The maximum absolute atomic E-state index is 10.6. The zero-order valence-electron chi connectivity index (χ0n) is 9.67. The lowest BCUT2D eigenvalue weighted by molar-refractivity contribution is 0.112. The topological polar surface area (TPSA) is 39.2 Å². The lowest BCUT2D eigenvalue weighted by Crippen LogP contribution is -2.02. The molecule has 0 radical (unpaired) electrons. The van der Waals surface area contributed by atoms with Gasteiger partial charge in [-0.1, -0.05) is 0 Å². The predicted molar refractivity (Wildman–Crippen MR) is 73.0 cm³/mol. The molecule has 0 atom stereocenters. The second-order valence-electron chi connectivity index (χ2n) is 3.76. The molecule has 0 fully saturated rings. The van der Waals surface area contributed by atoms with E-state index in [0.717, 1.165) is 22.9 Å². The largest absolute Gasteiger partial charge is 0.492 e. The molecule has 0 saturated heterocycles. The van der Waals surface area contributed by atoms with Gasteiger partial charge in [0.15, 0.2) is 0 Å². The number of pyridine rings is 1. The number of carbonyl (C=O) groups is 1.